The second-order valence-electron chi connectivity index (χ2n) is 11.6. The molecule has 0 N–H and O–H groups in total. The summed E-state index contributed by atoms with van der Waals surface area (Å²) in [5.74, 6) is 0.257. The van der Waals surface area contributed by atoms with Crippen molar-refractivity contribution in [2.45, 2.75) is 39.7 Å². The van der Waals surface area contributed by atoms with Crippen LogP contribution < -0.4 is 9.47 Å². The topological polar surface area (TPSA) is 83.9 Å². The first-order valence-corrected chi connectivity index (χ1v) is 14.0. The predicted octanol–water partition coefficient (Wildman–Crippen LogP) is 4.12. The second kappa shape index (κ2) is 13.4. The van der Waals surface area contributed by atoms with Crippen molar-refractivity contribution >= 4 is 17.5 Å². The smallest absolute Gasteiger partial charge is 0.262 e. The summed E-state index contributed by atoms with van der Waals surface area (Å²) in [5, 5.41) is 6.03. The number of hydrazone groups is 1. The Morgan fingerprint density at radius 1 is 1.07 bits per heavy atom. The highest BCUT2D eigenvalue weighted by Gasteiger charge is 2.36. The van der Waals surface area contributed by atoms with Gasteiger partial charge in [-0.15, -0.1) is 0 Å². The average Bonchev–Trinajstić information content (AvgIpc) is 3.40. The van der Waals surface area contributed by atoms with Crippen LogP contribution in [-0.2, 0) is 14.3 Å². The van der Waals surface area contributed by atoms with Gasteiger partial charge in [-0.1, -0.05) is 45.0 Å². The van der Waals surface area contributed by atoms with Crippen LogP contribution >= 0.6 is 0 Å². The molecule has 0 bridgehead atoms. The Bertz CT molecular complexity index is 1260. The molecule has 2 heterocycles. The fraction of sp³-hybridized carbons (Fsp3) is 0.516. The molecule has 2 aromatic rings. The fourth-order valence-electron chi connectivity index (χ4n) is 5.10. The fourth-order valence-corrected chi connectivity index (χ4v) is 5.10. The van der Waals surface area contributed by atoms with Gasteiger partial charge in [-0.25, -0.2) is 9.40 Å². The van der Waals surface area contributed by atoms with Crippen molar-refractivity contribution in [3.05, 3.63) is 59.4 Å². The highest BCUT2D eigenvalue weighted by atomic mass is 19.1. The molecule has 222 valence electrons. The van der Waals surface area contributed by atoms with E-state index < -0.39 is 11.9 Å². The minimum absolute atomic E-state index is 0.0840. The molecule has 1 atom stereocenters. The van der Waals surface area contributed by atoms with Crippen molar-refractivity contribution in [1.29, 1.82) is 0 Å². The molecule has 2 amide bonds. The van der Waals surface area contributed by atoms with Crippen molar-refractivity contribution in [3.63, 3.8) is 0 Å². The van der Waals surface area contributed by atoms with Gasteiger partial charge in [-0.05, 0) is 29.2 Å². The monoisotopic (exact) mass is 568 g/mol. The average molecular weight is 569 g/mol. The van der Waals surface area contributed by atoms with E-state index in [0.717, 1.165) is 18.7 Å². The molecule has 1 saturated heterocycles. The maximum absolute atomic E-state index is 14.8. The van der Waals surface area contributed by atoms with Crippen LogP contribution in [-0.4, -0.2) is 92.5 Å². The van der Waals surface area contributed by atoms with E-state index >= 15 is 0 Å². The summed E-state index contributed by atoms with van der Waals surface area (Å²) in [5.41, 5.74) is 1.36. The molecule has 41 heavy (non-hydrogen) atoms. The summed E-state index contributed by atoms with van der Waals surface area (Å²) in [7, 11) is 3.11. The zero-order valence-corrected chi connectivity index (χ0v) is 24.7. The lowest BCUT2D eigenvalue weighted by Crippen LogP contribution is -2.47. The maximum atomic E-state index is 14.8. The SMILES string of the molecule is COc1ccc([C@@H]2CC(c3ccccc3F)=NN2C(=O)CN(CCN2CCOCC2)C(=O)CC(C)(C)C)cc1OC. The number of benzene rings is 2. The number of carbonyl (C=O) groups excluding carboxylic acids is 2. The maximum Gasteiger partial charge on any atom is 0.262 e. The molecule has 0 saturated carbocycles. The highest BCUT2D eigenvalue weighted by Crippen LogP contribution is 2.37. The summed E-state index contributed by atoms with van der Waals surface area (Å²) in [6, 6.07) is 11.3. The Labute approximate surface area is 241 Å². The third kappa shape index (κ3) is 7.83. The van der Waals surface area contributed by atoms with Gasteiger partial charge in [-0.3, -0.25) is 14.5 Å². The second-order valence-corrected chi connectivity index (χ2v) is 11.6. The quantitative estimate of drug-likeness (QED) is 0.429. The normalized spacial score (nSPS) is 17.8. The van der Waals surface area contributed by atoms with E-state index in [4.69, 9.17) is 14.2 Å². The van der Waals surface area contributed by atoms with Crippen LogP contribution in [0.15, 0.2) is 47.6 Å². The molecule has 1 fully saturated rings. The van der Waals surface area contributed by atoms with E-state index in [0.29, 0.717) is 61.9 Å². The number of amides is 2. The lowest BCUT2D eigenvalue weighted by Gasteiger charge is -2.32. The molecule has 10 heteroatoms. The van der Waals surface area contributed by atoms with E-state index in [1.54, 1.807) is 43.4 Å². The molecule has 0 aromatic heterocycles. The van der Waals surface area contributed by atoms with Crippen LogP contribution in [0, 0.1) is 11.2 Å². The van der Waals surface area contributed by atoms with Crippen molar-refractivity contribution in [2.75, 3.05) is 60.2 Å². The minimum Gasteiger partial charge on any atom is -0.493 e. The first kappa shape index (κ1) is 30.5. The third-order valence-electron chi connectivity index (χ3n) is 7.29. The van der Waals surface area contributed by atoms with Gasteiger partial charge in [0.05, 0.1) is 39.2 Å². The summed E-state index contributed by atoms with van der Waals surface area (Å²) >= 11 is 0. The van der Waals surface area contributed by atoms with Gasteiger partial charge in [0.25, 0.3) is 5.91 Å². The van der Waals surface area contributed by atoms with Gasteiger partial charge in [0.15, 0.2) is 11.5 Å². The van der Waals surface area contributed by atoms with Gasteiger partial charge in [-0.2, -0.15) is 5.10 Å². The van der Waals surface area contributed by atoms with Crippen LogP contribution in [0.2, 0.25) is 0 Å². The summed E-state index contributed by atoms with van der Waals surface area (Å²) in [4.78, 5) is 31.2. The lowest BCUT2D eigenvalue weighted by molar-refractivity contribution is -0.142. The molecule has 4 rings (SSSR count). The highest BCUT2D eigenvalue weighted by molar-refractivity contribution is 6.03. The van der Waals surface area contributed by atoms with Crippen molar-refractivity contribution < 1.29 is 28.2 Å². The molecule has 0 unspecified atom stereocenters. The molecule has 2 aliphatic heterocycles. The molecular weight excluding hydrogens is 527 g/mol. The number of rotatable bonds is 10. The van der Waals surface area contributed by atoms with Crippen LogP contribution in [0.3, 0.4) is 0 Å². The molecule has 9 nitrogen and oxygen atoms in total. The number of halogens is 1. The Hall–Kier alpha value is -3.50. The number of carbonyl (C=O) groups is 2. The zero-order chi connectivity index (χ0) is 29.6. The summed E-state index contributed by atoms with van der Waals surface area (Å²) in [6.07, 6.45) is 0.623. The van der Waals surface area contributed by atoms with E-state index in [-0.39, 0.29) is 23.8 Å². The number of methoxy groups -OCH3 is 2. The molecule has 2 aromatic carbocycles. The molecular formula is C31H41FN4O5. The molecule has 0 aliphatic carbocycles. The van der Waals surface area contributed by atoms with E-state index in [1.165, 1.54) is 11.1 Å². The lowest BCUT2D eigenvalue weighted by atomic mass is 9.91. The number of morpholine rings is 1. The molecule has 0 spiro atoms. The van der Waals surface area contributed by atoms with E-state index in [1.807, 2.05) is 32.9 Å². The van der Waals surface area contributed by atoms with Crippen molar-refractivity contribution in [2.24, 2.45) is 10.5 Å². The van der Waals surface area contributed by atoms with Crippen LogP contribution in [0.1, 0.15) is 50.8 Å². The Morgan fingerprint density at radius 2 is 1.78 bits per heavy atom. The molecule has 0 radical (unpaired) electrons. The number of hydrogen-bond donors (Lipinski definition) is 0. The summed E-state index contributed by atoms with van der Waals surface area (Å²) in [6.45, 7) is 9.85. The Morgan fingerprint density at radius 3 is 2.44 bits per heavy atom. The Balaban J connectivity index is 1.62. The van der Waals surface area contributed by atoms with Gasteiger partial charge in [0, 0.05) is 44.6 Å². The van der Waals surface area contributed by atoms with Gasteiger partial charge in [0.1, 0.15) is 12.4 Å². The van der Waals surface area contributed by atoms with Crippen LogP contribution in [0.4, 0.5) is 4.39 Å². The van der Waals surface area contributed by atoms with Gasteiger partial charge < -0.3 is 19.1 Å². The first-order chi connectivity index (χ1) is 19.6. The molecule has 2 aliphatic rings. The van der Waals surface area contributed by atoms with Gasteiger partial charge in [0.2, 0.25) is 5.91 Å². The van der Waals surface area contributed by atoms with Crippen molar-refractivity contribution in [1.82, 2.24) is 14.8 Å². The minimum atomic E-state index is -0.504. The number of ether oxygens (including phenoxy) is 3. The van der Waals surface area contributed by atoms with E-state index in [2.05, 4.69) is 10.0 Å². The Kier molecular flexibility index (Phi) is 9.99. The largest absolute Gasteiger partial charge is 0.493 e. The third-order valence-corrected chi connectivity index (χ3v) is 7.29. The van der Waals surface area contributed by atoms with Crippen LogP contribution in [0.25, 0.3) is 0 Å². The number of nitrogens with zero attached hydrogens (tertiary/aromatic N) is 4. The first-order valence-electron chi connectivity index (χ1n) is 14.0. The predicted molar refractivity (Wildman–Crippen MR) is 155 cm³/mol. The van der Waals surface area contributed by atoms with Crippen LogP contribution in [0.5, 0.6) is 11.5 Å². The summed E-state index contributed by atoms with van der Waals surface area (Å²) < 4.78 is 31.1. The van der Waals surface area contributed by atoms with Crippen molar-refractivity contribution in [3.8, 4) is 11.5 Å². The van der Waals surface area contributed by atoms with Gasteiger partial charge >= 0.3 is 0 Å². The zero-order valence-electron chi connectivity index (χ0n) is 24.7. The van der Waals surface area contributed by atoms with E-state index in [9.17, 15) is 14.0 Å². The number of hydrogen-bond acceptors (Lipinski definition) is 7. The standard InChI is InChI=1S/C31H41FN4O5/c1-31(2,3)20-29(37)35(13-12-34-14-16-41-17-15-34)21-30(38)36-26(22-10-11-27(39-4)28(18-22)40-5)19-25(33-36)23-8-6-7-9-24(23)32/h6-11,18,26H,12-17,19-21H2,1-5H3/t26-/m0/s1.